The fraction of sp³-hybridized carbons (Fsp3) is 0.304. The van der Waals surface area contributed by atoms with Crippen LogP contribution in [0.25, 0.3) is 11.2 Å². The number of nitrogen functional groups attached to an aromatic ring is 2. The van der Waals surface area contributed by atoms with Gasteiger partial charge in [-0.3, -0.25) is 4.79 Å². The molecule has 16 heteroatoms. The first-order chi connectivity index (χ1) is 18.5. The normalized spacial score (nSPS) is 17.6. The summed E-state index contributed by atoms with van der Waals surface area (Å²) >= 11 is 0. The van der Waals surface area contributed by atoms with Gasteiger partial charge in [-0.1, -0.05) is 0 Å². The predicted octanol–water partition coefficient (Wildman–Crippen LogP) is 1.21. The lowest BCUT2D eigenvalue weighted by molar-refractivity contribution is -0.140. The maximum atomic E-state index is 14.7. The van der Waals surface area contributed by atoms with E-state index >= 15 is 0 Å². The van der Waals surface area contributed by atoms with E-state index < -0.39 is 35.5 Å². The van der Waals surface area contributed by atoms with Gasteiger partial charge in [0, 0.05) is 30.5 Å². The monoisotopic (exact) mass is 545 g/mol. The molecular formula is C23H23F4N11O. The largest absolute Gasteiger partial charge is 0.419 e. The van der Waals surface area contributed by atoms with Crippen LogP contribution in [0.1, 0.15) is 23.2 Å². The van der Waals surface area contributed by atoms with Crippen molar-refractivity contribution in [2.75, 3.05) is 29.5 Å². The van der Waals surface area contributed by atoms with Crippen LogP contribution in [0.2, 0.25) is 0 Å². The second-order valence-corrected chi connectivity index (χ2v) is 9.14. The summed E-state index contributed by atoms with van der Waals surface area (Å²) in [4.78, 5) is 34.3. The fourth-order valence-electron chi connectivity index (χ4n) is 4.64. The van der Waals surface area contributed by atoms with E-state index in [-0.39, 0.29) is 60.2 Å². The molecule has 1 aliphatic heterocycles. The molecule has 4 aromatic rings. The summed E-state index contributed by atoms with van der Waals surface area (Å²) in [6.07, 6.45) is -1.01. The van der Waals surface area contributed by atoms with Crippen molar-refractivity contribution in [1.82, 2.24) is 34.8 Å². The highest BCUT2D eigenvalue weighted by molar-refractivity contribution is 5.88. The summed E-state index contributed by atoms with van der Waals surface area (Å²) in [6, 6.07) is 3.57. The lowest BCUT2D eigenvalue weighted by Crippen LogP contribution is -2.55. The number of imidazole rings is 1. The zero-order chi connectivity index (χ0) is 27.9. The van der Waals surface area contributed by atoms with E-state index in [0.717, 1.165) is 12.4 Å². The number of nitrogens with one attached hydrogen (secondary N) is 1. The van der Waals surface area contributed by atoms with Gasteiger partial charge in [-0.15, -0.1) is 0 Å². The van der Waals surface area contributed by atoms with E-state index in [2.05, 4.69) is 30.2 Å². The topological polar surface area (TPSA) is 180 Å². The molecule has 0 spiro atoms. The summed E-state index contributed by atoms with van der Waals surface area (Å²) in [7, 11) is 0. The molecule has 1 saturated heterocycles. The smallest absolute Gasteiger partial charge is 0.382 e. The Labute approximate surface area is 218 Å². The number of aromatic nitrogens is 6. The summed E-state index contributed by atoms with van der Waals surface area (Å²) in [5, 5.41) is 2.69. The summed E-state index contributed by atoms with van der Waals surface area (Å²) in [5.74, 6) is -1.85. The van der Waals surface area contributed by atoms with Crippen LogP contribution in [0.3, 0.4) is 0 Å². The maximum absolute atomic E-state index is 14.7. The molecule has 7 N–H and O–H groups in total. The fourth-order valence-corrected chi connectivity index (χ4v) is 4.64. The van der Waals surface area contributed by atoms with Crippen LogP contribution in [-0.4, -0.2) is 54.0 Å². The SMILES string of the molecule is Nc1nccc(CNC(=O)C2(N)CCN(c3ccc(F)c(C(F)(F)F)c3Cn3cnc4c(N)ncnc43)C2)n1. The Morgan fingerprint density at radius 3 is 2.67 bits per heavy atom. The van der Waals surface area contributed by atoms with Crippen LogP contribution in [0.5, 0.6) is 0 Å². The third-order valence-corrected chi connectivity index (χ3v) is 6.53. The second kappa shape index (κ2) is 9.61. The van der Waals surface area contributed by atoms with Crippen molar-refractivity contribution in [3.8, 4) is 0 Å². The van der Waals surface area contributed by atoms with Gasteiger partial charge in [-0.25, -0.2) is 29.3 Å². The Bertz CT molecular complexity index is 1560. The van der Waals surface area contributed by atoms with Crippen molar-refractivity contribution in [3.63, 3.8) is 0 Å². The Kier molecular flexibility index (Phi) is 6.41. The molecule has 3 aromatic heterocycles. The highest BCUT2D eigenvalue weighted by Crippen LogP contribution is 2.40. The number of carbonyl (C=O) groups excluding carboxylic acids is 1. The number of hydrogen-bond donors (Lipinski definition) is 4. The number of alkyl halides is 3. The van der Waals surface area contributed by atoms with Crippen LogP contribution in [0.15, 0.2) is 37.1 Å². The molecule has 0 bridgehead atoms. The van der Waals surface area contributed by atoms with Crippen molar-refractivity contribution in [3.05, 3.63) is 59.7 Å². The molecule has 39 heavy (non-hydrogen) atoms. The Morgan fingerprint density at radius 2 is 1.92 bits per heavy atom. The molecule has 0 radical (unpaired) electrons. The van der Waals surface area contributed by atoms with E-state index in [1.807, 2.05) is 0 Å². The Balaban J connectivity index is 1.46. The minimum Gasteiger partial charge on any atom is -0.382 e. The molecular weight excluding hydrogens is 522 g/mol. The van der Waals surface area contributed by atoms with Crippen molar-refractivity contribution in [2.24, 2.45) is 5.73 Å². The Hall–Kier alpha value is -4.60. The molecule has 1 atom stereocenters. The molecule has 5 rings (SSSR count). The quantitative estimate of drug-likeness (QED) is 0.257. The van der Waals surface area contributed by atoms with Crippen LogP contribution in [-0.2, 0) is 24.1 Å². The third-order valence-electron chi connectivity index (χ3n) is 6.53. The van der Waals surface area contributed by atoms with Crippen LogP contribution in [0, 0.1) is 5.82 Å². The van der Waals surface area contributed by atoms with Crippen molar-refractivity contribution in [1.29, 1.82) is 0 Å². The molecule has 0 saturated carbocycles. The summed E-state index contributed by atoms with van der Waals surface area (Å²) < 4.78 is 58.3. The number of nitrogens with zero attached hydrogens (tertiary/aromatic N) is 7. The van der Waals surface area contributed by atoms with Gasteiger partial charge in [0.05, 0.1) is 30.7 Å². The highest BCUT2D eigenvalue weighted by Gasteiger charge is 2.44. The first-order valence-electron chi connectivity index (χ1n) is 11.7. The predicted molar refractivity (Wildman–Crippen MR) is 132 cm³/mol. The molecule has 1 aromatic carbocycles. The maximum Gasteiger partial charge on any atom is 0.419 e. The van der Waals surface area contributed by atoms with Gasteiger partial charge >= 0.3 is 6.18 Å². The van der Waals surface area contributed by atoms with Crippen molar-refractivity contribution >= 4 is 34.5 Å². The number of halogens is 4. The molecule has 12 nitrogen and oxygen atoms in total. The second-order valence-electron chi connectivity index (χ2n) is 9.14. The number of amides is 1. The zero-order valence-electron chi connectivity index (χ0n) is 20.3. The van der Waals surface area contributed by atoms with Gasteiger partial charge in [0.25, 0.3) is 0 Å². The number of anilines is 3. The van der Waals surface area contributed by atoms with Crippen LogP contribution >= 0.6 is 0 Å². The first-order valence-corrected chi connectivity index (χ1v) is 11.7. The first kappa shape index (κ1) is 26.0. The number of benzene rings is 1. The zero-order valence-corrected chi connectivity index (χ0v) is 20.3. The standard InChI is InChI=1S/C23H23F4N11O/c24-14-1-2-15(37-6-4-22(30,9-37)20(39)32-7-12-3-5-31-21(29)36-12)13(16(14)23(25,26)27)8-38-11-35-17-18(28)33-10-34-19(17)38/h1-3,5,10-11H,4,6-9,30H2,(H,32,39)(H2,28,33,34)(H2,29,31,36). The van der Waals surface area contributed by atoms with Gasteiger partial charge < -0.3 is 32.0 Å². The number of hydrogen-bond acceptors (Lipinski definition) is 10. The van der Waals surface area contributed by atoms with E-state index in [9.17, 15) is 22.4 Å². The minimum absolute atomic E-state index is 0.0310. The van der Waals surface area contributed by atoms with Gasteiger partial charge in [0.15, 0.2) is 11.5 Å². The highest BCUT2D eigenvalue weighted by atomic mass is 19.4. The summed E-state index contributed by atoms with van der Waals surface area (Å²) in [5.41, 5.74) is 15.5. The average molecular weight is 546 g/mol. The number of carbonyl (C=O) groups is 1. The third kappa shape index (κ3) is 4.97. The van der Waals surface area contributed by atoms with Gasteiger partial charge in [-0.05, 0) is 24.6 Å². The van der Waals surface area contributed by atoms with E-state index in [1.165, 1.54) is 28.1 Å². The number of nitrogens with two attached hydrogens (primary N) is 3. The van der Waals surface area contributed by atoms with Gasteiger partial charge in [0.1, 0.15) is 23.2 Å². The molecule has 1 aliphatic rings. The van der Waals surface area contributed by atoms with Crippen LogP contribution < -0.4 is 27.4 Å². The lowest BCUT2D eigenvalue weighted by atomic mass is 9.98. The number of rotatable bonds is 6. The lowest BCUT2D eigenvalue weighted by Gasteiger charge is -2.27. The van der Waals surface area contributed by atoms with E-state index in [1.54, 1.807) is 6.07 Å². The average Bonchev–Trinajstić information content (AvgIpc) is 3.47. The molecule has 0 aliphatic carbocycles. The van der Waals surface area contributed by atoms with Gasteiger partial charge in [-0.2, -0.15) is 13.2 Å². The summed E-state index contributed by atoms with van der Waals surface area (Å²) in [6.45, 7) is -0.353. The number of fused-ring (bicyclic) bond motifs is 1. The van der Waals surface area contributed by atoms with E-state index in [4.69, 9.17) is 17.2 Å². The molecule has 1 fully saturated rings. The van der Waals surface area contributed by atoms with E-state index in [0.29, 0.717) is 5.69 Å². The molecule has 4 heterocycles. The van der Waals surface area contributed by atoms with Gasteiger partial charge in [0.2, 0.25) is 11.9 Å². The molecule has 1 unspecified atom stereocenters. The minimum atomic E-state index is -5.00. The molecule has 204 valence electrons. The Morgan fingerprint density at radius 1 is 1.13 bits per heavy atom. The van der Waals surface area contributed by atoms with Crippen molar-refractivity contribution in [2.45, 2.75) is 31.2 Å². The van der Waals surface area contributed by atoms with Crippen LogP contribution in [0.4, 0.5) is 35.0 Å². The van der Waals surface area contributed by atoms with Crippen molar-refractivity contribution < 1.29 is 22.4 Å². The molecule has 1 amide bonds.